The van der Waals surface area contributed by atoms with Crippen molar-refractivity contribution in [3.05, 3.63) is 45.4 Å². The number of fused-ring (bicyclic) bond motifs is 1. The van der Waals surface area contributed by atoms with Gasteiger partial charge in [-0.15, -0.1) is 11.3 Å². The first-order valence-electron chi connectivity index (χ1n) is 7.65. The fourth-order valence-corrected chi connectivity index (χ4v) is 4.23. The molecular formula is C17H22N2OS. The summed E-state index contributed by atoms with van der Waals surface area (Å²) < 4.78 is 5.32. The minimum Gasteiger partial charge on any atom is -0.495 e. The molecule has 2 aromatic rings. The first-order valence-corrected chi connectivity index (χ1v) is 8.47. The molecule has 2 heterocycles. The van der Waals surface area contributed by atoms with E-state index in [1.54, 1.807) is 23.7 Å². The van der Waals surface area contributed by atoms with Gasteiger partial charge in [-0.1, -0.05) is 6.92 Å². The zero-order valence-electron chi connectivity index (χ0n) is 12.7. The van der Waals surface area contributed by atoms with Crippen LogP contribution in [0.5, 0.6) is 5.75 Å². The minimum absolute atomic E-state index is 0.225. The Bertz CT molecular complexity index is 587. The van der Waals surface area contributed by atoms with Crippen LogP contribution in [0.25, 0.3) is 0 Å². The van der Waals surface area contributed by atoms with Crippen LogP contribution in [0.2, 0.25) is 0 Å². The van der Waals surface area contributed by atoms with Crippen molar-refractivity contribution in [1.82, 2.24) is 10.3 Å². The lowest BCUT2D eigenvalue weighted by atomic mass is 10.1. The molecule has 0 aliphatic heterocycles. The molecule has 1 unspecified atom stereocenters. The molecule has 1 N–H and O–H groups in total. The van der Waals surface area contributed by atoms with Gasteiger partial charge in [0.2, 0.25) is 0 Å². The average molecular weight is 302 g/mol. The molecule has 112 valence electrons. The number of pyridine rings is 1. The van der Waals surface area contributed by atoms with Gasteiger partial charge in [0.15, 0.2) is 0 Å². The predicted octanol–water partition coefficient (Wildman–Crippen LogP) is 3.73. The van der Waals surface area contributed by atoms with Crippen LogP contribution in [0.3, 0.4) is 0 Å². The maximum absolute atomic E-state index is 5.32. The number of methoxy groups -OCH3 is 1. The Morgan fingerprint density at radius 1 is 1.33 bits per heavy atom. The number of aryl methyl sites for hydroxylation is 2. The first kappa shape index (κ1) is 14.5. The standard InChI is InChI=1S/C17H22N2OS/c1-3-7-19-17(13-8-14(20-2)11-18-10-13)16-9-12-5-4-6-15(12)21-16/h8-11,17,19H,3-7H2,1-2H3. The van der Waals surface area contributed by atoms with Crippen LogP contribution < -0.4 is 10.1 Å². The van der Waals surface area contributed by atoms with E-state index in [2.05, 4.69) is 29.4 Å². The summed E-state index contributed by atoms with van der Waals surface area (Å²) >= 11 is 1.96. The van der Waals surface area contributed by atoms with Gasteiger partial charge in [0.1, 0.15) is 5.75 Å². The minimum atomic E-state index is 0.225. The first-order chi connectivity index (χ1) is 10.3. The van der Waals surface area contributed by atoms with E-state index in [-0.39, 0.29) is 6.04 Å². The molecule has 0 bridgehead atoms. The van der Waals surface area contributed by atoms with Gasteiger partial charge in [0.05, 0.1) is 19.3 Å². The van der Waals surface area contributed by atoms with Crippen LogP contribution in [-0.4, -0.2) is 18.6 Å². The molecule has 0 aromatic carbocycles. The summed E-state index contributed by atoms with van der Waals surface area (Å²) in [5, 5.41) is 3.66. The van der Waals surface area contributed by atoms with Gasteiger partial charge in [-0.2, -0.15) is 0 Å². The molecule has 1 aliphatic carbocycles. The van der Waals surface area contributed by atoms with Crippen LogP contribution in [0, 0.1) is 0 Å². The number of thiophene rings is 1. The van der Waals surface area contributed by atoms with E-state index in [1.807, 2.05) is 17.5 Å². The van der Waals surface area contributed by atoms with E-state index in [9.17, 15) is 0 Å². The van der Waals surface area contributed by atoms with E-state index in [4.69, 9.17) is 4.74 Å². The normalized spacial score (nSPS) is 15.0. The second-order valence-electron chi connectivity index (χ2n) is 5.50. The summed E-state index contributed by atoms with van der Waals surface area (Å²) in [7, 11) is 1.69. The Morgan fingerprint density at radius 3 is 3.00 bits per heavy atom. The van der Waals surface area contributed by atoms with Gasteiger partial charge in [0, 0.05) is 16.0 Å². The van der Waals surface area contributed by atoms with Gasteiger partial charge >= 0.3 is 0 Å². The van der Waals surface area contributed by atoms with Crippen molar-refractivity contribution < 1.29 is 4.74 Å². The molecule has 3 rings (SSSR count). The lowest BCUT2D eigenvalue weighted by molar-refractivity contribution is 0.411. The van der Waals surface area contributed by atoms with E-state index in [0.717, 1.165) is 18.7 Å². The van der Waals surface area contributed by atoms with Crippen LogP contribution in [0.15, 0.2) is 24.5 Å². The molecule has 21 heavy (non-hydrogen) atoms. The highest BCUT2D eigenvalue weighted by molar-refractivity contribution is 7.12. The smallest absolute Gasteiger partial charge is 0.137 e. The Kier molecular flexibility index (Phi) is 4.56. The van der Waals surface area contributed by atoms with Crippen LogP contribution in [-0.2, 0) is 12.8 Å². The fourth-order valence-electron chi connectivity index (χ4n) is 2.87. The predicted molar refractivity (Wildman–Crippen MR) is 87.3 cm³/mol. The van der Waals surface area contributed by atoms with Crippen LogP contribution in [0.4, 0.5) is 0 Å². The molecular weight excluding hydrogens is 280 g/mol. The van der Waals surface area contributed by atoms with Gasteiger partial charge in [0.25, 0.3) is 0 Å². The lowest BCUT2D eigenvalue weighted by Crippen LogP contribution is -2.22. The summed E-state index contributed by atoms with van der Waals surface area (Å²) in [5.41, 5.74) is 2.73. The second-order valence-corrected chi connectivity index (χ2v) is 6.66. The highest BCUT2D eigenvalue weighted by Crippen LogP contribution is 2.36. The summed E-state index contributed by atoms with van der Waals surface area (Å²) in [4.78, 5) is 7.29. The molecule has 2 aromatic heterocycles. The number of hydrogen-bond acceptors (Lipinski definition) is 4. The van der Waals surface area contributed by atoms with E-state index < -0.39 is 0 Å². The molecule has 1 aliphatic rings. The van der Waals surface area contributed by atoms with Gasteiger partial charge in [-0.3, -0.25) is 4.98 Å². The van der Waals surface area contributed by atoms with Crippen molar-refractivity contribution in [1.29, 1.82) is 0 Å². The quantitative estimate of drug-likeness (QED) is 0.883. The summed E-state index contributed by atoms with van der Waals surface area (Å²) in [6.07, 6.45) is 8.63. The number of ether oxygens (including phenoxy) is 1. The van der Waals surface area contributed by atoms with Gasteiger partial charge in [-0.25, -0.2) is 0 Å². The third kappa shape index (κ3) is 3.11. The van der Waals surface area contributed by atoms with Crippen molar-refractivity contribution in [3.63, 3.8) is 0 Å². The number of nitrogens with zero attached hydrogens (tertiary/aromatic N) is 1. The van der Waals surface area contributed by atoms with E-state index in [0.29, 0.717) is 0 Å². The van der Waals surface area contributed by atoms with E-state index in [1.165, 1.54) is 29.7 Å². The lowest BCUT2D eigenvalue weighted by Gasteiger charge is -2.18. The number of hydrogen-bond donors (Lipinski definition) is 1. The van der Waals surface area contributed by atoms with Crippen molar-refractivity contribution in [2.24, 2.45) is 0 Å². The third-order valence-corrected chi connectivity index (χ3v) is 5.25. The van der Waals surface area contributed by atoms with Gasteiger partial charge < -0.3 is 10.1 Å². The largest absolute Gasteiger partial charge is 0.495 e. The molecule has 0 radical (unpaired) electrons. The number of rotatable bonds is 6. The maximum Gasteiger partial charge on any atom is 0.137 e. The Morgan fingerprint density at radius 2 is 2.24 bits per heavy atom. The van der Waals surface area contributed by atoms with Crippen LogP contribution in [0.1, 0.15) is 46.7 Å². The average Bonchev–Trinajstić information content (AvgIpc) is 3.09. The molecule has 1 atom stereocenters. The zero-order valence-corrected chi connectivity index (χ0v) is 13.5. The van der Waals surface area contributed by atoms with Crippen molar-refractivity contribution in [2.75, 3.05) is 13.7 Å². The summed E-state index contributed by atoms with van der Waals surface area (Å²) in [6.45, 7) is 3.20. The summed E-state index contributed by atoms with van der Waals surface area (Å²) in [5.74, 6) is 0.819. The third-order valence-electron chi connectivity index (χ3n) is 3.95. The zero-order chi connectivity index (χ0) is 14.7. The monoisotopic (exact) mass is 302 g/mol. The number of aromatic nitrogens is 1. The molecule has 0 amide bonds. The highest BCUT2D eigenvalue weighted by Gasteiger charge is 2.21. The number of nitrogens with one attached hydrogen (secondary N) is 1. The van der Waals surface area contributed by atoms with Crippen molar-refractivity contribution >= 4 is 11.3 Å². The van der Waals surface area contributed by atoms with Gasteiger partial charge in [-0.05, 0) is 55.5 Å². The fraction of sp³-hybridized carbons (Fsp3) is 0.471. The Hall–Kier alpha value is -1.39. The van der Waals surface area contributed by atoms with Crippen molar-refractivity contribution in [2.45, 2.75) is 38.6 Å². The molecule has 4 heteroatoms. The molecule has 0 saturated carbocycles. The molecule has 0 saturated heterocycles. The molecule has 0 spiro atoms. The highest BCUT2D eigenvalue weighted by atomic mass is 32.1. The Balaban J connectivity index is 1.92. The Labute approximate surface area is 130 Å². The van der Waals surface area contributed by atoms with E-state index >= 15 is 0 Å². The SMILES string of the molecule is CCCNC(c1cncc(OC)c1)c1cc2c(s1)CCC2. The molecule has 3 nitrogen and oxygen atoms in total. The van der Waals surface area contributed by atoms with Crippen molar-refractivity contribution in [3.8, 4) is 5.75 Å². The molecule has 0 fully saturated rings. The maximum atomic E-state index is 5.32. The van der Waals surface area contributed by atoms with Crippen LogP contribution >= 0.6 is 11.3 Å². The topological polar surface area (TPSA) is 34.2 Å². The second kappa shape index (κ2) is 6.58. The summed E-state index contributed by atoms with van der Waals surface area (Å²) in [6, 6.07) is 4.70.